The van der Waals surface area contributed by atoms with E-state index in [1.165, 1.54) is 36.4 Å². The summed E-state index contributed by atoms with van der Waals surface area (Å²) >= 11 is 6.00. The standard InChI is InChI=1S/C33H24ClF2N3O7/c1-33-22(30(42)38(32(33)44)17-6-9-24(35)23(34)13-17)14-21-19(28(33)15-5-10-26(40)25(36)11-15)7-8-20-27(21)31(43)37(29(20)41)16-3-2-4-18(12-16)39(45)46/h2-7,9-13,20-22,27-28,40H,8,14H2,1H3. The Balaban J connectivity index is 1.36. The van der Waals surface area contributed by atoms with E-state index in [-0.39, 0.29) is 40.5 Å². The Labute approximate surface area is 265 Å². The number of non-ortho nitro benzene ring substituents is 1. The van der Waals surface area contributed by atoms with Crippen molar-refractivity contribution in [3.05, 3.63) is 105 Å². The molecule has 2 heterocycles. The predicted octanol–water partition coefficient (Wildman–Crippen LogP) is 5.67. The maximum Gasteiger partial charge on any atom is 0.271 e. The number of carbonyl (C=O) groups is 4. The van der Waals surface area contributed by atoms with Gasteiger partial charge in [-0.3, -0.25) is 29.3 Å². The smallest absolute Gasteiger partial charge is 0.271 e. The number of amides is 4. The van der Waals surface area contributed by atoms with Gasteiger partial charge in [0.2, 0.25) is 23.6 Å². The van der Waals surface area contributed by atoms with Gasteiger partial charge in [0, 0.05) is 18.1 Å². The molecule has 0 aromatic heterocycles. The molecule has 10 nitrogen and oxygen atoms in total. The number of anilines is 2. The number of phenolic OH excluding ortho intramolecular Hbond substituents is 1. The molecular weight excluding hydrogens is 624 g/mol. The van der Waals surface area contributed by atoms with Gasteiger partial charge in [-0.15, -0.1) is 0 Å². The highest BCUT2D eigenvalue weighted by atomic mass is 35.5. The summed E-state index contributed by atoms with van der Waals surface area (Å²) in [6, 6.07) is 12.3. The van der Waals surface area contributed by atoms with E-state index in [4.69, 9.17) is 11.6 Å². The molecule has 4 aliphatic rings. The lowest BCUT2D eigenvalue weighted by molar-refractivity contribution is -0.384. The van der Waals surface area contributed by atoms with Crippen molar-refractivity contribution in [3.8, 4) is 5.75 Å². The van der Waals surface area contributed by atoms with E-state index in [1.54, 1.807) is 13.0 Å². The van der Waals surface area contributed by atoms with Gasteiger partial charge in [-0.2, -0.15) is 0 Å². The van der Waals surface area contributed by atoms with Gasteiger partial charge < -0.3 is 5.11 Å². The molecule has 1 N–H and O–H groups in total. The second-order valence-corrected chi connectivity index (χ2v) is 12.7. The SMILES string of the molecule is CC12C(=O)N(c3ccc(F)c(Cl)c3)C(=O)C1CC1C(=CCC3C(=O)N(c4cccc([N+](=O)[O-])c4)C(=O)C31)C2c1ccc(O)c(F)c1. The maximum absolute atomic E-state index is 14.8. The Morgan fingerprint density at radius 1 is 0.913 bits per heavy atom. The van der Waals surface area contributed by atoms with Crippen LogP contribution in [-0.2, 0) is 19.2 Å². The van der Waals surface area contributed by atoms with E-state index in [0.717, 1.165) is 34.1 Å². The first-order chi connectivity index (χ1) is 21.8. The third-order valence-corrected chi connectivity index (χ3v) is 10.3. The zero-order valence-corrected chi connectivity index (χ0v) is 24.8. The molecule has 3 fully saturated rings. The number of carbonyl (C=O) groups excluding carboxylic acids is 4. The second kappa shape index (κ2) is 10.3. The lowest BCUT2D eigenvalue weighted by atomic mass is 9.51. The van der Waals surface area contributed by atoms with Crippen LogP contribution in [0.1, 0.15) is 31.2 Å². The van der Waals surface area contributed by atoms with Crippen LogP contribution in [-0.4, -0.2) is 33.7 Å². The zero-order chi connectivity index (χ0) is 32.8. The first-order valence-corrected chi connectivity index (χ1v) is 14.9. The molecule has 3 aromatic rings. The molecule has 234 valence electrons. The number of nitrogens with zero attached hydrogens (tertiary/aromatic N) is 3. The summed E-state index contributed by atoms with van der Waals surface area (Å²) < 4.78 is 28.9. The van der Waals surface area contributed by atoms with Gasteiger partial charge in [-0.25, -0.2) is 18.6 Å². The Kier molecular flexibility index (Phi) is 6.64. The molecule has 4 amide bonds. The largest absolute Gasteiger partial charge is 0.505 e. The van der Waals surface area contributed by atoms with E-state index in [0.29, 0.717) is 5.57 Å². The number of imide groups is 2. The molecule has 46 heavy (non-hydrogen) atoms. The summed E-state index contributed by atoms with van der Waals surface area (Å²) in [7, 11) is 0. The lowest BCUT2D eigenvalue weighted by Gasteiger charge is -2.49. The van der Waals surface area contributed by atoms with Crippen LogP contribution in [0.15, 0.2) is 72.3 Å². The topological polar surface area (TPSA) is 138 Å². The van der Waals surface area contributed by atoms with E-state index in [1.807, 2.05) is 0 Å². The van der Waals surface area contributed by atoms with Gasteiger partial charge in [0.25, 0.3) is 5.69 Å². The van der Waals surface area contributed by atoms with Gasteiger partial charge in [0.05, 0.1) is 44.5 Å². The number of nitro benzene ring substituents is 1. The summed E-state index contributed by atoms with van der Waals surface area (Å²) in [5, 5.41) is 21.1. The van der Waals surface area contributed by atoms with Crippen molar-refractivity contribution in [2.45, 2.75) is 25.7 Å². The Morgan fingerprint density at radius 2 is 1.65 bits per heavy atom. The molecule has 13 heteroatoms. The summed E-state index contributed by atoms with van der Waals surface area (Å²) in [6.45, 7) is 1.60. The highest BCUT2D eigenvalue weighted by Crippen LogP contribution is 2.64. The fourth-order valence-corrected chi connectivity index (χ4v) is 8.14. The minimum atomic E-state index is -1.50. The van der Waals surface area contributed by atoms with E-state index in [9.17, 15) is 43.2 Å². The minimum Gasteiger partial charge on any atom is -0.505 e. The second-order valence-electron chi connectivity index (χ2n) is 12.3. The van der Waals surface area contributed by atoms with Gasteiger partial charge in [0.15, 0.2) is 11.6 Å². The average Bonchev–Trinajstić information content (AvgIpc) is 3.39. The van der Waals surface area contributed by atoms with Crippen LogP contribution in [0.25, 0.3) is 0 Å². The van der Waals surface area contributed by atoms with Gasteiger partial charge >= 0.3 is 0 Å². The highest BCUT2D eigenvalue weighted by Gasteiger charge is 2.67. The molecule has 2 aliphatic carbocycles. The molecule has 0 bridgehead atoms. The fraction of sp³-hybridized carbons (Fsp3) is 0.273. The number of nitro groups is 1. The van der Waals surface area contributed by atoms with Crippen molar-refractivity contribution >= 4 is 52.3 Å². The number of hydrogen-bond acceptors (Lipinski definition) is 7. The van der Waals surface area contributed by atoms with E-state index >= 15 is 0 Å². The number of aromatic hydroxyl groups is 1. The van der Waals surface area contributed by atoms with E-state index in [2.05, 4.69) is 0 Å². The Hall–Kier alpha value is -4.97. The number of phenols is 1. The number of rotatable bonds is 4. The highest BCUT2D eigenvalue weighted by molar-refractivity contribution is 6.32. The van der Waals surface area contributed by atoms with Crippen molar-refractivity contribution in [2.24, 2.45) is 29.1 Å². The predicted molar refractivity (Wildman–Crippen MR) is 160 cm³/mol. The Bertz CT molecular complexity index is 1950. The first kappa shape index (κ1) is 29.7. The number of fused-ring (bicyclic) bond motifs is 4. The molecule has 3 aromatic carbocycles. The molecule has 0 radical (unpaired) electrons. The van der Waals surface area contributed by atoms with Crippen LogP contribution in [0, 0.1) is 50.8 Å². The van der Waals surface area contributed by atoms with Crippen LogP contribution in [0.2, 0.25) is 5.02 Å². The molecule has 7 rings (SSSR count). The van der Waals surface area contributed by atoms with Crippen molar-refractivity contribution < 1.29 is 38.0 Å². The molecule has 1 saturated carbocycles. The van der Waals surface area contributed by atoms with Crippen molar-refractivity contribution in [1.82, 2.24) is 0 Å². The van der Waals surface area contributed by atoms with Crippen molar-refractivity contribution in [2.75, 3.05) is 9.80 Å². The number of benzene rings is 3. The zero-order valence-electron chi connectivity index (χ0n) is 24.0. The molecule has 2 aliphatic heterocycles. The van der Waals surface area contributed by atoms with Crippen molar-refractivity contribution in [3.63, 3.8) is 0 Å². The summed E-state index contributed by atoms with van der Waals surface area (Å²) in [5.41, 5.74) is -0.847. The molecular formula is C33H24ClF2N3O7. The van der Waals surface area contributed by atoms with Gasteiger partial charge in [-0.1, -0.05) is 35.4 Å². The molecule has 0 spiro atoms. The van der Waals surface area contributed by atoms with Crippen LogP contribution < -0.4 is 9.80 Å². The minimum absolute atomic E-state index is 0.00162. The molecule has 6 atom stereocenters. The molecule has 2 saturated heterocycles. The van der Waals surface area contributed by atoms with Crippen LogP contribution >= 0.6 is 11.6 Å². The molecule has 6 unspecified atom stereocenters. The number of hydrogen-bond donors (Lipinski definition) is 1. The van der Waals surface area contributed by atoms with E-state index < -0.39 is 80.9 Å². The summed E-state index contributed by atoms with van der Waals surface area (Å²) in [5.74, 6) is -9.19. The van der Waals surface area contributed by atoms with Crippen molar-refractivity contribution in [1.29, 1.82) is 0 Å². The lowest BCUT2D eigenvalue weighted by Crippen LogP contribution is -2.48. The monoisotopic (exact) mass is 647 g/mol. The number of allylic oxidation sites excluding steroid dienone is 2. The average molecular weight is 648 g/mol. The van der Waals surface area contributed by atoms with Crippen LogP contribution in [0.5, 0.6) is 5.75 Å². The normalized spacial score (nSPS) is 28.6. The Morgan fingerprint density at radius 3 is 2.35 bits per heavy atom. The van der Waals surface area contributed by atoms with Gasteiger partial charge in [-0.05, 0) is 67.6 Å². The fourth-order valence-electron chi connectivity index (χ4n) is 7.97. The summed E-state index contributed by atoms with van der Waals surface area (Å²) in [6.07, 6.45) is 1.86. The quantitative estimate of drug-likeness (QED) is 0.167. The number of halogens is 3. The third-order valence-electron chi connectivity index (χ3n) is 10.0. The van der Waals surface area contributed by atoms with Crippen LogP contribution in [0.3, 0.4) is 0 Å². The van der Waals surface area contributed by atoms with Gasteiger partial charge in [0.1, 0.15) is 5.82 Å². The first-order valence-electron chi connectivity index (χ1n) is 14.5. The maximum atomic E-state index is 14.8. The van der Waals surface area contributed by atoms with Crippen LogP contribution in [0.4, 0.5) is 25.8 Å². The third kappa shape index (κ3) is 4.05. The summed E-state index contributed by atoms with van der Waals surface area (Å²) in [4.78, 5) is 69.0.